The van der Waals surface area contributed by atoms with E-state index in [1.165, 1.54) is 6.07 Å². The molecule has 4 heteroatoms. The second-order valence-corrected chi connectivity index (χ2v) is 5.03. The normalized spacial score (nSPS) is 12.7. The van der Waals surface area contributed by atoms with E-state index in [9.17, 15) is 9.50 Å². The molecule has 1 aromatic carbocycles. The highest BCUT2D eigenvalue weighted by atomic mass is 79.9. The van der Waals surface area contributed by atoms with Crippen molar-refractivity contribution in [2.45, 2.75) is 25.9 Å². The summed E-state index contributed by atoms with van der Waals surface area (Å²) in [7, 11) is 0. The van der Waals surface area contributed by atoms with Gasteiger partial charge in [-0.1, -0.05) is 28.9 Å². The molecule has 1 N–H and O–H groups in total. The number of halogens is 2. The summed E-state index contributed by atoms with van der Waals surface area (Å²) in [5.41, 5.74) is 0.472. The van der Waals surface area contributed by atoms with Crippen LogP contribution in [0.25, 0.3) is 0 Å². The van der Waals surface area contributed by atoms with Crippen LogP contribution in [0.4, 0.5) is 4.39 Å². The maximum Gasteiger partial charge on any atom is 0.133 e. The molecular weight excluding hydrogens is 299 g/mol. The Balaban J connectivity index is 2.13. The fourth-order valence-electron chi connectivity index (χ4n) is 1.76. The van der Waals surface area contributed by atoms with Gasteiger partial charge in [0.25, 0.3) is 0 Å². The van der Waals surface area contributed by atoms with Crippen molar-refractivity contribution in [3.8, 4) is 0 Å². The molecule has 0 aliphatic heterocycles. The number of aliphatic hydroxyl groups excluding tert-OH is 1. The van der Waals surface area contributed by atoms with Crippen molar-refractivity contribution < 1.29 is 13.9 Å². The van der Waals surface area contributed by atoms with Crippen LogP contribution in [-0.4, -0.2) is 5.11 Å². The number of aliphatic hydroxyl groups is 1. The molecule has 1 heterocycles. The van der Waals surface area contributed by atoms with Crippen LogP contribution >= 0.6 is 15.9 Å². The minimum atomic E-state index is -0.819. The molecule has 1 unspecified atom stereocenters. The van der Waals surface area contributed by atoms with E-state index in [0.717, 1.165) is 12.2 Å². The topological polar surface area (TPSA) is 33.4 Å². The molecule has 96 valence electrons. The lowest BCUT2D eigenvalue weighted by atomic mass is 10.1. The Kier molecular flexibility index (Phi) is 4.19. The maximum absolute atomic E-state index is 13.6. The molecule has 0 bridgehead atoms. The molecule has 0 aliphatic rings. The van der Waals surface area contributed by atoms with Crippen LogP contribution < -0.4 is 0 Å². The van der Waals surface area contributed by atoms with Gasteiger partial charge in [-0.25, -0.2) is 4.39 Å². The van der Waals surface area contributed by atoms with Gasteiger partial charge in [0.15, 0.2) is 0 Å². The van der Waals surface area contributed by atoms with Gasteiger partial charge < -0.3 is 9.52 Å². The molecular formula is C14H14BrFO2. The third kappa shape index (κ3) is 3.00. The molecule has 0 saturated heterocycles. The second kappa shape index (κ2) is 5.67. The first kappa shape index (κ1) is 13.3. The molecule has 2 nitrogen and oxygen atoms in total. The quantitative estimate of drug-likeness (QED) is 0.925. The van der Waals surface area contributed by atoms with Crippen LogP contribution in [0.2, 0.25) is 0 Å². The van der Waals surface area contributed by atoms with Crippen molar-refractivity contribution in [2.75, 3.05) is 0 Å². The van der Waals surface area contributed by atoms with Gasteiger partial charge in [0.2, 0.25) is 0 Å². The SMILES string of the molecule is CCc1ccc(C(O)Cc2ccc(Br)cc2F)o1. The number of furan rings is 1. The Morgan fingerprint density at radius 1 is 1.33 bits per heavy atom. The zero-order valence-corrected chi connectivity index (χ0v) is 11.6. The average Bonchev–Trinajstić information content (AvgIpc) is 2.81. The Labute approximate surface area is 114 Å². The first-order chi connectivity index (χ1) is 8.60. The predicted octanol–water partition coefficient (Wildman–Crippen LogP) is 4.02. The zero-order valence-electron chi connectivity index (χ0n) is 9.99. The van der Waals surface area contributed by atoms with Crippen LogP contribution in [0, 0.1) is 5.82 Å². The molecule has 1 atom stereocenters. The summed E-state index contributed by atoms with van der Waals surface area (Å²) >= 11 is 3.20. The molecule has 0 amide bonds. The van der Waals surface area contributed by atoms with E-state index in [4.69, 9.17) is 4.42 Å². The van der Waals surface area contributed by atoms with Crippen LogP contribution in [0.5, 0.6) is 0 Å². The van der Waals surface area contributed by atoms with Gasteiger partial charge >= 0.3 is 0 Å². The van der Waals surface area contributed by atoms with Gasteiger partial charge in [-0.2, -0.15) is 0 Å². The highest BCUT2D eigenvalue weighted by Crippen LogP contribution is 2.23. The van der Waals surface area contributed by atoms with Crippen molar-refractivity contribution in [1.82, 2.24) is 0 Å². The zero-order chi connectivity index (χ0) is 13.1. The van der Waals surface area contributed by atoms with Gasteiger partial charge in [-0.15, -0.1) is 0 Å². The van der Waals surface area contributed by atoms with E-state index < -0.39 is 6.10 Å². The molecule has 2 rings (SSSR count). The van der Waals surface area contributed by atoms with Gasteiger partial charge in [0.1, 0.15) is 23.4 Å². The van der Waals surface area contributed by atoms with Crippen LogP contribution in [0.3, 0.4) is 0 Å². The van der Waals surface area contributed by atoms with Crippen molar-refractivity contribution in [3.05, 3.63) is 57.7 Å². The van der Waals surface area contributed by atoms with Crippen molar-refractivity contribution >= 4 is 15.9 Å². The minimum Gasteiger partial charge on any atom is -0.463 e. The maximum atomic E-state index is 13.6. The molecule has 0 fully saturated rings. The minimum absolute atomic E-state index is 0.204. The summed E-state index contributed by atoms with van der Waals surface area (Å²) in [5, 5.41) is 10.0. The lowest BCUT2D eigenvalue weighted by molar-refractivity contribution is 0.147. The monoisotopic (exact) mass is 312 g/mol. The average molecular weight is 313 g/mol. The first-order valence-corrected chi connectivity index (χ1v) is 6.60. The van der Waals surface area contributed by atoms with E-state index in [1.807, 2.05) is 13.0 Å². The van der Waals surface area contributed by atoms with Crippen LogP contribution in [0.1, 0.15) is 30.1 Å². The van der Waals surface area contributed by atoms with Crippen molar-refractivity contribution in [3.63, 3.8) is 0 Å². The molecule has 0 radical (unpaired) electrons. The number of aryl methyl sites for hydroxylation is 1. The summed E-state index contributed by atoms with van der Waals surface area (Å²) in [5.74, 6) is 0.972. The van der Waals surface area contributed by atoms with Gasteiger partial charge in [0, 0.05) is 17.3 Å². The number of hydrogen-bond acceptors (Lipinski definition) is 2. The van der Waals surface area contributed by atoms with Crippen molar-refractivity contribution in [2.24, 2.45) is 0 Å². The largest absolute Gasteiger partial charge is 0.463 e. The van der Waals surface area contributed by atoms with Crippen LogP contribution in [-0.2, 0) is 12.8 Å². The summed E-state index contributed by atoms with van der Waals surface area (Å²) in [6.45, 7) is 1.98. The first-order valence-electron chi connectivity index (χ1n) is 5.80. The molecule has 1 aromatic heterocycles. The number of rotatable bonds is 4. The number of hydrogen-bond donors (Lipinski definition) is 1. The molecule has 0 saturated carbocycles. The molecule has 2 aromatic rings. The highest BCUT2D eigenvalue weighted by molar-refractivity contribution is 9.10. The van der Waals surface area contributed by atoms with Gasteiger partial charge in [0.05, 0.1) is 0 Å². The highest BCUT2D eigenvalue weighted by Gasteiger charge is 2.15. The number of benzene rings is 1. The third-order valence-electron chi connectivity index (χ3n) is 2.79. The van der Waals surface area contributed by atoms with Crippen molar-refractivity contribution in [1.29, 1.82) is 0 Å². The Morgan fingerprint density at radius 3 is 2.72 bits per heavy atom. The molecule has 0 spiro atoms. The predicted molar refractivity (Wildman–Crippen MR) is 70.8 cm³/mol. The molecule has 0 aliphatic carbocycles. The summed E-state index contributed by atoms with van der Waals surface area (Å²) in [6, 6.07) is 8.37. The standard InChI is InChI=1S/C14H14BrFO2/c1-2-11-5-6-14(18-11)13(17)7-9-3-4-10(15)8-12(9)16/h3-6,8,13,17H,2,7H2,1H3. The van der Waals surface area contributed by atoms with E-state index in [-0.39, 0.29) is 12.2 Å². The second-order valence-electron chi connectivity index (χ2n) is 4.11. The Morgan fingerprint density at radius 2 is 2.11 bits per heavy atom. The lowest BCUT2D eigenvalue weighted by Gasteiger charge is -2.09. The van der Waals surface area contributed by atoms with E-state index in [2.05, 4.69) is 15.9 Å². The van der Waals surface area contributed by atoms with Gasteiger partial charge in [-0.05, 0) is 29.8 Å². The smallest absolute Gasteiger partial charge is 0.133 e. The fraction of sp³-hybridized carbons (Fsp3) is 0.286. The van der Waals surface area contributed by atoms with Gasteiger partial charge in [-0.3, -0.25) is 0 Å². The Hall–Kier alpha value is -1.13. The molecule has 18 heavy (non-hydrogen) atoms. The third-order valence-corrected chi connectivity index (χ3v) is 3.28. The summed E-state index contributed by atoms with van der Waals surface area (Å²) in [4.78, 5) is 0. The van der Waals surface area contributed by atoms with E-state index in [0.29, 0.717) is 15.8 Å². The van der Waals surface area contributed by atoms with E-state index >= 15 is 0 Å². The fourth-order valence-corrected chi connectivity index (χ4v) is 2.09. The van der Waals surface area contributed by atoms with E-state index in [1.54, 1.807) is 18.2 Å². The summed E-state index contributed by atoms with van der Waals surface area (Å²) < 4.78 is 19.8. The van der Waals surface area contributed by atoms with Crippen LogP contribution in [0.15, 0.2) is 39.2 Å². The lowest BCUT2D eigenvalue weighted by Crippen LogP contribution is -2.02. The summed E-state index contributed by atoms with van der Waals surface area (Å²) in [6.07, 6.45) is 0.163. The Bertz CT molecular complexity index is 536.